The number of nitrogens with zero attached hydrogens (tertiary/aromatic N) is 6. The van der Waals surface area contributed by atoms with Crippen LogP contribution < -0.4 is 20.4 Å². The number of halogens is 6. The summed E-state index contributed by atoms with van der Waals surface area (Å²) in [6.07, 6.45) is -7.35. The molecule has 386 valence electrons. The van der Waals surface area contributed by atoms with Gasteiger partial charge >= 0.3 is 24.3 Å². The molecule has 0 fully saturated rings. The van der Waals surface area contributed by atoms with Crippen LogP contribution in [0.1, 0.15) is 151 Å². The number of methoxy groups -OCH3 is 1. The molecule has 0 saturated heterocycles. The van der Waals surface area contributed by atoms with Crippen LogP contribution in [-0.2, 0) is 30.2 Å². The highest BCUT2D eigenvalue weighted by molar-refractivity contribution is 6.01. The van der Waals surface area contributed by atoms with Gasteiger partial charge in [0.2, 0.25) is 0 Å². The van der Waals surface area contributed by atoms with E-state index in [-0.39, 0.29) is 48.6 Å². The van der Waals surface area contributed by atoms with E-state index in [2.05, 4.69) is 20.8 Å². The van der Waals surface area contributed by atoms with E-state index in [0.29, 0.717) is 63.9 Å². The average molecular weight is 1020 g/mol. The van der Waals surface area contributed by atoms with Crippen LogP contribution in [0.5, 0.6) is 0 Å². The number of aryl methyl sites for hydroxylation is 2. The Morgan fingerprint density at radius 2 is 1.03 bits per heavy atom. The van der Waals surface area contributed by atoms with Gasteiger partial charge in [-0.3, -0.25) is 9.59 Å². The van der Waals surface area contributed by atoms with E-state index < -0.39 is 41.5 Å². The lowest BCUT2D eigenvalue weighted by Crippen LogP contribution is -2.30. The molecule has 4 aromatic carbocycles. The number of carboxylic acid groups (broad SMARTS) is 1. The van der Waals surface area contributed by atoms with E-state index >= 15 is 0 Å². The maximum absolute atomic E-state index is 13.5. The first kappa shape index (κ1) is 53.2. The van der Waals surface area contributed by atoms with Crippen molar-refractivity contribution >= 4 is 35.4 Å². The Labute approximate surface area is 417 Å². The standard InChI is InChI=1S/C27H29F3N4O3.C26H27F3N4O3/c1-5-22-15-33(14-18-7-6-8-21(13-18)27(28,29)30)25-23(17(3)32-34(22)25)24(35)31-16(2)19-9-11-20(12-10-19)26(36)37-4;1-4-21-14-32(13-17-6-5-7-20(12-17)26(27,28)29)24-22(16(3)31-33(21)24)23(34)30-15(2)18-8-10-19(11-9-18)25(35)36/h6-13,16,22H,5,14-15H2,1-4H3,(H,31,35);5-12,15,21H,4,13-14H2,1-3H3,(H,30,34)(H,35,36)/t16-,22+;15-,21+/m00/s1. The first-order valence-electron chi connectivity index (χ1n) is 23.7. The Hall–Kier alpha value is -7.64. The summed E-state index contributed by atoms with van der Waals surface area (Å²) in [5.74, 6) is -0.963. The second-order valence-corrected chi connectivity index (χ2v) is 18.2. The molecule has 0 saturated carbocycles. The number of alkyl halides is 6. The zero-order valence-electron chi connectivity index (χ0n) is 41.2. The van der Waals surface area contributed by atoms with Gasteiger partial charge in [-0.2, -0.15) is 36.5 Å². The molecule has 2 amide bonds. The quantitative estimate of drug-likeness (QED) is 0.0707. The number of amides is 2. The Bertz CT molecular complexity index is 2990. The van der Waals surface area contributed by atoms with Crippen LogP contribution >= 0.6 is 0 Å². The summed E-state index contributed by atoms with van der Waals surface area (Å²) in [6, 6.07) is 22.7. The monoisotopic (exact) mass is 1010 g/mol. The largest absolute Gasteiger partial charge is 0.478 e. The summed E-state index contributed by atoms with van der Waals surface area (Å²) in [5.41, 5.74) is 3.54. The predicted molar refractivity (Wildman–Crippen MR) is 261 cm³/mol. The summed E-state index contributed by atoms with van der Waals surface area (Å²) >= 11 is 0. The Kier molecular flexibility index (Phi) is 15.7. The molecule has 73 heavy (non-hydrogen) atoms. The fraction of sp³-hybridized carbons (Fsp3) is 0.358. The first-order valence-corrected chi connectivity index (χ1v) is 23.7. The van der Waals surface area contributed by atoms with Crippen molar-refractivity contribution in [2.24, 2.45) is 0 Å². The van der Waals surface area contributed by atoms with Crippen molar-refractivity contribution in [2.75, 3.05) is 30.0 Å². The number of anilines is 2. The van der Waals surface area contributed by atoms with Crippen LogP contribution in [0.2, 0.25) is 0 Å². The molecule has 14 nitrogen and oxygen atoms in total. The number of aromatic carboxylic acids is 1. The van der Waals surface area contributed by atoms with Crippen molar-refractivity contribution < 1.29 is 55.4 Å². The minimum absolute atomic E-state index is 0.00402. The zero-order valence-corrected chi connectivity index (χ0v) is 41.2. The number of fused-ring (bicyclic) bond motifs is 2. The Morgan fingerprint density at radius 3 is 1.37 bits per heavy atom. The Balaban J connectivity index is 0.000000214. The van der Waals surface area contributed by atoms with Gasteiger partial charge in [0.05, 0.1) is 64.9 Å². The average Bonchev–Trinajstić information content (AvgIpc) is 4.09. The van der Waals surface area contributed by atoms with Crippen molar-refractivity contribution in [3.05, 3.63) is 164 Å². The summed E-state index contributed by atoms with van der Waals surface area (Å²) in [4.78, 5) is 53.5. The van der Waals surface area contributed by atoms with Crippen LogP contribution in [0.25, 0.3) is 0 Å². The summed E-state index contributed by atoms with van der Waals surface area (Å²) < 4.78 is 87.7. The molecule has 4 atom stereocenters. The van der Waals surface area contributed by atoms with E-state index in [9.17, 15) is 45.5 Å². The van der Waals surface area contributed by atoms with E-state index in [1.54, 1.807) is 74.0 Å². The highest BCUT2D eigenvalue weighted by atomic mass is 19.4. The number of aromatic nitrogens is 4. The van der Waals surface area contributed by atoms with Gasteiger partial charge in [0.25, 0.3) is 11.8 Å². The molecule has 8 rings (SSSR count). The molecule has 0 radical (unpaired) electrons. The molecule has 0 spiro atoms. The molecule has 0 aliphatic carbocycles. The van der Waals surface area contributed by atoms with Gasteiger partial charge in [-0.1, -0.05) is 62.4 Å². The van der Waals surface area contributed by atoms with Gasteiger partial charge in [0.1, 0.15) is 22.8 Å². The lowest BCUT2D eigenvalue weighted by atomic mass is 10.1. The van der Waals surface area contributed by atoms with Crippen LogP contribution in [0.4, 0.5) is 38.0 Å². The lowest BCUT2D eigenvalue weighted by Gasteiger charge is -2.21. The number of hydrogen-bond acceptors (Lipinski definition) is 9. The van der Waals surface area contributed by atoms with Gasteiger partial charge in [-0.15, -0.1) is 0 Å². The highest BCUT2D eigenvalue weighted by Gasteiger charge is 2.38. The molecule has 0 bridgehead atoms. The van der Waals surface area contributed by atoms with Gasteiger partial charge < -0.3 is 30.3 Å². The van der Waals surface area contributed by atoms with Crippen molar-refractivity contribution in [1.82, 2.24) is 30.2 Å². The second-order valence-electron chi connectivity index (χ2n) is 18.2. The minimum Gasteiger partial charge on any atom is -0.478 e. The topological polar surface area (TPSA) is 164 Å². The number of carboxylic acids is 1. The molecule has 4 heterocycles. The van der Waals surface area contributed by atoms with Crippen molar-refractivity contribution in [3.8, 4) is 0 Å². The Morgan fingerprint density at radius 1 is 0.644 bits per heavy atom. The number of ether oxygens (including phenoxy) is 1. The van der Waals surface area contributed by atoms with Gasteiger partial charge in [0, 0.05) is 26.2 Å². The molecule has 20 heteroatoms. The molecule has 0 unspecified atom stereocenters. The number of hydrogen-bond donors (Lipinski definition) is 3. The van der Waals surface area contributed by atoms with Crippen molar-refractivity contribution in [1.29, 1.82) is 0 Å². The minimum atomic E-state index is -4.44. The summed E-state index contributed by atoms with van der Waals surface area (Å²) in [6.45, 7) is 12.6. The molecule has 6 aromatic rings. The number of nitrogens with one attached hydrogen (secondary N) is 2. The van der Waals surface area contributed by atoms with Crippen molar-refractivity contribution in [3.63, 3.8) is 0 Å². The number of benzene rings is 4. The number of carbonyl (C=O) groups is 4. The highest BCUT2D eigenvalue weighted by Crippen LogP contribution is 2.40. The third kappa shape index (κ3) is 11.7. The fourth-order valence-electron chi connectivity index (χ4n) is 9.21. The number of carbonyl (C=O) groups excluding carboxylic acids is 3. The lowest BCUT2D eigenvalue weighted by molar-refractivity contribution is -0.138. The van der Waals surface area contributed by atoms with Crippen LogP contribution in [-0.4, -0.2) is 68.6 Å². The van der Waals surface area contributed by atoms with Crippen molar-refractivity contribution in [2.45, 2.75) is 104 Å². The van der Waals surface area contributed by atoms with Crippen LogP contribution in [0.3, 0.4) is 0 Å². The van der Waals surface area contributed by atoms with E-state index in [1.807, 2.05) is 35.3 Å². The molecule has 2 aliphatic heterocycles. The van der Waals surface area contributed by atoms with Gasteiger partial charge in [0.15, 0.2) is 0 Å². The van der Waals surface area contributed by atoms with E-state index in [4.69, 9.17) is 9.84 Å². The second kappa shape index (κ2) is 21.6. The SMILES string of the molecule is CC[C@@H]1CN(Cc2cccc(C(F)(F)F)c2)c2c(C(=O)N[C@@H](C)c3ccc(C(=O)O)cc3)c(C)nn21.CC[C@@H]1CN(Cc2cccc(C(F)(F)F)c2)c2c(C(=O)N[C@@H](C)c3ccc(C(=O)OC)cc3)c(C)nn21. The molecule has 2 aromatic heterocycles. The van der Waals surface area contributed by atoms with Gasteiger partial charge in [-0.05, 0) is 111 Å². The summed E-state index contributed by atoms with van der Waals surface area (Å²) in [7, 11) is 1.31. The first-order chi connectivity index (χ1) is 34.5. The maximum Gasteiger partial charge on any atom is 0.416 e. The predicted octanol–water partition coefficient (Wildman–Crippen LogP) is 10.8. The van der Waals surface area contributed by atoms with E-state index in [1.165, 1.54) is 31.4 Å². The molecule has 2 aliphatic rings. The third-order valence-corrected chi connectivity index (χ3v) is 13.1. The molecule has 3 N–H and O–H groups in total. The van der Waals surface area contributed by atoms with Crippen LogP contribution in [0.15, 0.2) is 97.1 Å². The maximum atomic E-state index is 13.5. The normalized spacial score (nSPS) is 16.0. The van der Waals surface area contributed by atoms with E-state index in [0.717, 1.165) is 48.2 Å². The molecular weight excluding hydrogens is 959 g/mol. The smallest absolute Gasteiger partial charge is 0.416 e. The van der Waals surface area contributed by atoms with Crippen LogP contribution in [0, 0.1) is 13.8 Å². The fourth-order valence-corrected chi connectivity index (χ4v) is 9.21. The van der Waals surface area contributed by atoms with Gasteiger partial charge in [-0.25, -0.2) is 19.0 Å². The zero-order chi connectivity index (χ0) is 53.1. The number of rotatable bonds is 14. The number of esters is 1. The molecular formula is C53H56F6N8O6. The summed E-state index contributed by atoms with van der Waals surface area (Å²) in [5, 5.41) is 24.2. The third-order valence-electron chi connectivity index (χ3n) is 13.1.